The van der Waals surface area contributed by atoms with Gasteiger partial charge in [0, 0.05) is 32.0 Å². The van der Waals surface area contributed by atoms with Crippen molar-refractivity contribution in [2.24, 2.45) is 0 Å². The van der Waals surface area contributed by atoms with Gasteiger partial charge in [0.1, 0.15) is 12.5 Å². The zero-order valence-corrected chi connectivity index (χ0v) is 16.6. The van der Waals surface area contributed by atoms with Crippen LogP contribution in [0.1, 0.15) is 16.2 Å². The maximum atomic E-state index is 14.3. The first kappa shape index (κ1) is 20.0. The summed E-state index contributed by atoms with van der Waals surface area (Å²) in [5, 5.41) is 4.20. The smallest absolute Gasteiger partial charge is 0.359 e. The van der Waals surface area contributed by atoms with Crippen LogP contribution in [0.2, 0.25) is 25.7 Å². The Morgan fingerprint density at radius 2 is 2.12 bits per heavy atom. The molecule has 0 saturated heterocycles. The molecule has 2 aromatic rings. The van der Waals surface area contributed by atoms with E-state index in [1.165, 1.54) is 23.9 Å². The molecule has 0 spiro atoms. The molecule has 0 bridgehead atoms. The van der Waals surface area contributed by atoms with Crippen molar-refractivity contribution in [1.29, 1.82) is 0 Å². The number of carbonyl (C=O) groups is 1. The highest BCUT2D eigenvalue weighted by molar-refractivity contribution is 6.76. The number of rotatable bonds is 8. The summed E-state index contributed by atoms with van der Waals surface area (Å²) >= 11 is 0. The van der Waals surface area contributed by atoms with Crippen molar-refractivity contribution >= 4 is 20.1 Å². The van der Waals surface area contributed by atoms with E-state index in [1.54, 1.807) is 6.20 Å². The molecule has 2 heterocycles. The van der Waals surface area contributed by atoms with Gasteiger partial charge in [0.2, 0.25) is 0 Å². The van der Waals surface area contributed by atoms with Crippen molar-refractivity contribution in [3.05, 3.63) is 42.2 Å². The zero-order valence-electron chi connectivity index (χ0n) is 15.6. The third-order valence-corrected chi connectivity index (χ3v) is 5.44. The van der Waals surface area contributed by atoms with Crippen LogP contribution in [0.4, 0.5) is 4.39 Å². The van der Waals surface area contributed by atoms with Crippen molar-refractivity contribution in [3.8, 4) is 11.1 Å². The van der Waals surface area contributed by atoms with Crippen LogP contribution in [0, 0.1) is 5.82 Å². The molecule has 140 valence electrons. The molecule has 0 aliphatic carbocycles. The van der Waals surface area contributed by atoms with Crippen molar-refractivity contribution in [3.63, 3.8) is 0 Å². The Bertz CT molecular complexity index is 799. The number of methoxy groups -OCH3 is 1. The molecule has 8 heteroatoms. The first-order valence-corrected chi connectivity index (χ1v) is 12.0. The summed E-state index contributed by atoms with van der Waals surface area (Å²) < 4.78 is 26.2. The number of halogens is 1. The minimum Gasteiger partial charge on any atom is -0.464 e. The van der Waals surface area contributed by atoms with Crippen LogP contribution in [0.5, 0.6) is 0 Å². The van der Waals surface area contributed by atoms with E-state index in [-0.39, 0.29) is 18.0 Å². The predicted molar refractivity (Wildman–Crippen MR) is 101 cm³/mol. The van der Waals surface area contributed by atoms with Crippen LogP contribution in [0.3, 0.4) is 0 Å². The van der Waals surface area contributed by atoms with E-state index >= 15 is 0 Å². The molecule has 6 nitrogen and oxygen atoms in total. The SMILES string of the molecule is C=Cc1cc(-c2cn(COCC[Si](C)(C)C)nc2C(=O)OC)c(F)cn1. The van der Waals surface area contributed by atoms with Gasteiger partial charge in [-0.05, 0) is 18.2 Å². The first-order chi connectivity index (χ1) is 12.2. The average Bonchev–Trinajstić information content (AvgIpc) is 3.01. The van der Waals surface area contributed by atoms with Crippen molar-refractivity contribution < 1.29 is 18.7 Å². The molecule has 0 aliphatic heterocycles. The summed E-state index contributed by atoms with van der Waals surface area (Å²) in [5.74, 6) is -1.20. The van der Waals surface area contributed by atoms with E-state index in [9.17, 15) is 9.18 Å². The van der Waals surface area contributed by atoms with Crippen LogP contribution in [0.25, 0.3) is 17.2 Å². The largest absolute Gasteiger partial charge is 0.464 e. The van der Waals surface area contributed by atoms with E-state index in [0.29, 0.717) is 17.9 Å². The molecule has 0 unspecified atom stereocenters. The second-order valence-corrected chi connectivity index (χ2v) is 12.7. The number of ether oxygens (including phenoxy) is 2. The summed E-state index contributed by atoms with van der Waals surface area (Å²) in [6.07, 6.45) is 4.17. The van der Waals surface area contributed by atoms with Crippen LogP contribution in [0.15, 0.2) is 25.0 Å². The molecule has 2 rings (SSSR count). The lowest BCUT2D eigenvalue weighted by Crippen LogP contribution is -2.22. The fourth-order valence-corrected chi connectivity index (χ4v) is 3.00. The first-order valence-electron chi connectivity index (χ1n) is 8.27. The van der Waals surface area contributed by atoms with Gasteiger partial charge < -0.3 is 9.47 Å². The topological polar surface area (TPSA) is 66.2 Å². The lowest BCUT2D eigenvalue weighted by molar-refractivity contribution is 0.0583. The van der Waals surface area contributed by atoms with Crippen LogP contribution in [-0.2, 0) is 16.2 Å². The monoisotopic (exact) mass is 377 g/mol. The molecule has 0 atom stereocenters. The van der Waals surface area contributed by atoms with E-state index in [2.05, 4.69) is 36.3 Å². The minimum absolute atomic E-state index is 0.0291. The molecule has 0 amide bonds. The van der Waals surface area contributed by atoms with E-state index in [1.807, 2.05) is 0 Å². The Morgan fingerprint density at radius 1 is 1.38 bits per heavy atom. The number of hydrogen-bond donors (Lipinski definition) is 0. The van der Waals surface area contributed by atoms with Crippen LogP contribution in [-0.4, -0.2) is 42.5 Å². The lowest BCUT2D eigenvalue weighted by Gasteiger charge is -2.15. The molecule has 0 N–H and O–H groups in total. The molecular formula is C18H24FN3O3Si. The zero-order chi connectivity index (χ0) is 19.3. The maximum Gasteiger partial charge on any atom is 0.359 e. The fourth-order valence-electron chi connectivity index (χ4n) is 2.24. The highest BCUT2D eigenvalue weighted by Crippen LogP contribution is 2.27. The van der Waals surface area contributed by atoms with E-state index < -0.39 is 19.9 Å². The summed E-state index contributed by atoms with van der Waals surface area (Å²) in [6.45, 7) is 11.2. The van der Waals surface area contributed by atoms with Crippen LogP contribution < -0.4 is 0 Å². The molecule has 0 aromatic carbocycles. The highest BCUT2D eigenvalue weighted by atomic mass is 28.3. The number of esters is 1. The molecule has 0 saturated carbocycles. The standard InChI is InChI=1S/C18H24FN3O3Si/c1-6-13-9-14(16(19)10-20-13)15-11-22(21-17(15)18(23)24-2)12-25-7-8-26(3,4)5/h6,9-11H,1,7-8,12H2,2-5H3. The Hall–Kier alpha value is -2.32. The van der Waals surface area contributed by atoms with Gasteiger partial charge in [0.25, 0.3) is 0 Å². The normalized spacial score (nSPS) is 11.4. The van der Waals surface area contributed by atoms with Crippen molar-refractivity contribution in [1.82, 2.24) is 14.8 Å². The quantitative estimate of drug-likeness (QED) is 0.397. The van der Waals surface area contributed by atoms with Crippen molar-refractivity contribution in [2.45, 2.75) is 32.4 Å². The molecular weight excluding hydrogens is 353 g/mol. The summed E-state index contributed by atoms with van der Waals surface area (Å²) in [6, 6.07) is 2.54. The van der Waals surface area contributed by atoms with Crippen LogP contribution >= 0.6 is 0 Å². The number of nitrogens with zero attached hydrogens (tertiary/aromatic N) is 3. The van der Waals surface area contributed by atoms with E-state index in [0.717, 1.165) is 12.2 Å². The van der Waals surface area contributed by atoms with Gasteiger partial charge in [-0.2, -0.15) is 5.10 Å². The van der Waals surface area contributed by atoms with Crippen molar-refractivity contribution in [2.75, 3.05) is 13.7 Å². The third kappa shape index (κ3) is 5.09. The Labute approximate surface area is 153 Å². The Kier molecular flexibility index (Phi) is 6.44. The van der Waals surface area contributed by atoms with Gasteiger partial charge >= 0.3 is 5.97 Å². The summed E-state index contributed by atoms with van der Waals surface area (Å²) in [7, 11) is 0.0675. The molecule has 0 fully saturated rings. The lowest BCUT2D eigenvalue weighted by atomic mass is 10.1. The molecule has 0 radical (unpaired) electrons. The number of carbonyl (C=O) groups excluding carboxylic acids is 1. The highest BCUT2D eigenvalue weighted by Gasteiger charge is 2.22. The fraction of sp³-hybridized carbons (Fsp3) is 0.389. The average molecular weight is 377 g/mol. The number of hydrogen-bond acceptors (Lipinski definition) is 5. The third-order valence-electron chi connectivity index (χ3n) is 3.74. The van der Waals surface area contributed by atoms with Gasteiger partial charge in [0.15, 0.2) is 5.69 Å². The van der Waals surface area contributed by atoms with Gasteiger partial charge in [-0.1, -0.05) is 26.2 Å². The van der Waals surface area contributed by atoms with Gasteiger partial charge in [-0.25, -0.2) is 13.9 Å². The predicted octanol–water partition coefficient (Wildman–Crippen LogP) is 3.83. The van der Waals surface area contributed by atoms with Gasteiger partial charge in [-0.15, -0.1) is 0 Å². The molecule has 26 heavy (non-hydrogen) atoms. The minimum atomic E-state index is -1.19. The second kappa shape index (κ2) is 8.37. The maximum absolute atomic E-state index is 14.3. The summed E-state index contributed by atoms with van der Waals surface area (Å²) in [4.78, 5) is 16.0. The molecule has 0 aliphatic rings. The number of aromatic nitrogens is 3. The van der Waals surface area contributed by atoms with E-state index in [4.69, 9.17) is 9.47 Å². The van der Waals surface area contributed by atoms with Gasteiger partial charge in [-0.3, -0.25) is 4.98 Å². The molecule has 2 aromatic heterocycles. The summed E-state index contributed by atoms with van der Waals surface area (Å²) in [5.41, 5.74) is 1.06. The second-order valence-electron chi connectivity index (χ2n) is 7.06. The number of pyridine rings is 1. The van der Waals surface area contributed by atoms with Gasteiger partial charge in [0.05, 0.1) is 19.0 Å². The Morgan fingerprint density at radius 3 is 2.73 bits per heavy atom. The Balaban J connectivity index is 2.29.